The molecular formula is C37H53FO8S3. The number of rotatable bonds is 26. The van der Waals surface area contributed by atoms with Gasteiger partial charge in [0.05, 0.1) is 24.7 Å². The predicted octanol–water partition coefficient (Wildman–Crippen LogP) is 10.3. The third-order valence-electron chi connectivity index (χ3n) is 8.01. The fourth-order valence-electron chi connectivity index (χ4n) is 5.37. The second-order valence-corrected chi connectivity index (χ2v) is 18.3. The first-order valence-electron chi connectivity index (χ1n) is 17.5. The Labute approximate surface area is 295 Å². The lowest BCUT2D eigenvalue weighted by Crippen LogP contribution is -2.19. The van der Waals surface area contributed by atoms with Gasteiger partial charge >= 0.3 is 0 Å². The molecule has 0 atom stereocenters. The van der Waals surface area contributed by atoms with Gasteiger partial charge in [0.2, 0.25) is 0 Å². The molecule has 0 saturated heterocycles. The van der Waals surface area contributed by atoms with Crippen LogP contribution in [0.1, 0.15) is 97.3 Å². The van der Waals surface area contributed by atoms with Crippen molar-refractivity contribution in [2.75, 3.05) is 24.7 Å². The van der Waals surface area contributed by atoms with Crippen LogP contribution in [0.15, 0.2) is 93.5 Å². The number of hydrogen-bond donors (Lipinski definition) is 0. The molecule has 3 aromatic rings. The van der Waals surface area contributed by atoms with Crippen molar-refractivity contribution in [2.24, 2.45) is 0 Å². The van der Waals surface area contributed by atoms with Crippen molar-refractivity contribution >= 4 is 30.5 Å². The highest BCUT2D eigenvalue weighted by atomic mass is 32.3. The van der Waals surface area contributed by atoms with Crippen molar-refractivity contribution in [1.29, 1.82) is 0 Å². The molecule has 8 nitrogen and oxygen atoms in total. The fourth-order valence-corrected chi connectivity index (χ4v) is 11.5. The number of unbranched alkanes of at least 4 members (excludes halogenated alkanes) is 10. The minimum atomic E-state index is -4.49. The Morgan fingerprint density at radius 3 is 1.35 bits per heavy atom. The van der Waals surface area contributed by atoms with Crippen LogP contribution in [0, 0.1) is 0 Å². The fraction of sp³-hybridized carbons (Fsp3) is 0.514. The molecule has 3 rings (SSSR count). The van der Waals surface area contributed by atoms with E-state index >= 15 is 0 Å². The Balaban J connectivity index is 1.91. The molecule has 0 aliphatic heterocycles. The topological polar surface area (TPSA) is 105 Å². The summed E-state index contributed by atoms with van der Waals surface area (Å²) < 4.78 is 84.1. The van der Waals surface area contributed by atoms with Crippen molar-refractivity contribution in [1.82, 2.24) is 0 Å². The molecule has 0 spiro atoms. The number of hydrogen-bond acceptors (Lipinski definition) is 8. The second-order valence-electron chi connectivity index (χ2n) is 12.1. The Morgan fingerprint density at radius 2 is 0.898 bits per heavy atom. The van der Waals surface area contributed by atoms with E-state index in [9.17, 15) is 21.4 Å². The smallest absolute Gasteiger partial charge is 0.297 e. The maximum atomic E-state index is 13.6. The van der Waals surface area contributed by atoms with Gasteiger partial charge in [-0.25, -0.2) is 3.63 Å². The zero-order chi connectivity index (χ0) is 35.4. The average molecular weight is 741 g/mol. The van der Waals surface area contributed by atoms with Crippen LogP contribution in [-0.2, 0) is 28.3 Å². The van der Waals surface area contributed by atoms with Gasteiger partial charge in [-0.1, -0.05) is 101 Å². The van der Waals surface area contributed by atoms with Crippen molar-refractivity contribution in [2.45, 2.75) is 112 Å². The standard InChI is InChI=1S/C37H53FO8S3/c1-3-5-7-9-11-16-29-43-33-21-25-36(26-22-33)49(35-19-14-13-15-20-35,46-48(41,42)32-18-31-47(39,40)45-38)37-27-23-34(24-28-37)44-30-17-12-10-8-6-4-2/h13-15,19-28H,3-12,16-18,29-32H2,1-2H3. The molecule has 0 aliphatic carbocycles. The summed E-state index contributed by atoms with van der Waals surface area (Å²) in [5, 5.41) is 0. The lowest BCUT2D eigenvalue weighted by atomic mass is 10.1. The van der Waals surface area contributed by atoms with Gasteiger partial charge in [0, 0.05) is 14.7 Å². The Bertz CT molecular complexity index is 1490. The third kappa shape index (κ3) is 13.9. The van der Waals surface area contributed by atoms with Crippen LogP contribution in [0.5, 0.6) is 11.5 Å². The van der Waals surface area contributed by atoms with Crippen molar-refractivity contribution < 1.29 is 38.9 Å². The van der Waals surface area contributed by atoms with E-state index in [0.717, 1.165) is 25.7 Å². The first kappa shape index (κ1) is 40.8. The lowest BCUT2D eigenvalue weighted by molar-refractivity contribution is 0.00297. The molecule has 12 heteroatoms. The number of ether oxygens (including phenoxy) is 2. The summed E-state index contributed by atoms with van der Waals surface area (Å²) in [6.45, 7) is 5.55. The van der Waals surface area contributed by atoms with Gasteiger partial charge in [0.15, 0.2) is 0 Å². The molecule has 0 radical (unpaired) electrons. The first-order valence-corrected chi connectivity index (χ1v) is 22.2. The number of halogens is 1. The first-order chi connectivity index (χ1) is 23.7. The highest BCUT2D eigenvalue weighted by Crippen LogP contribution is 2.70. The van der Waals surface area contributed by atoms with Gasteiger partial charge in [0.25, 0.3) is 20.2 Å². The maximum Gasteiger partial charge on any atom is 0.297 e. The van der Waals surface area contributed by atoms with E-state index in [1.165, 1.54) is 51.4 Å². The van der Waals surface area contributed by atoms with E-state index in [4.69, 9.17) is 13.1 Å². The molecule has 0 saturated carbocycles. The summed E-state index contributed by atoms with van der Waals surface area (Å²) in [5.74, 6) is -0.140. The average Bonchev–Trinajstić information content (AvgIpc) is 3.10. The molecular weight excluding hydrogens is 688 g/mol. The molecule has 3 aromatic carbocycles. The molecule has 274 valence electrons. The normalized spacial score (nSPS) is 12.6. The number of benzene rings is 3. The Kier molecular flexibility index (Phi) is 17.9. The van der Waals surface area contributed by atoms with E-state index < -0.39 is 48.5 Å². The summed E-state index contributed by atoms with van der Waals surface area (Å²) in [4.78, 5) is 1.84. The van der Waals surface area contributed by atoms with Crippen LogP contribution < -0.4 is 9.47 Å². The molecule has 0 heterocycles. The lowest BCUT2D eigenvalue weighted by Gasteiger charge is -2.39. The zero-order valence-corrected chi connectivity index (χ0v) is 31.3. The van der Waals surface area contributed by atoms with Crippen LogP contribution in [0.4, 0.5) is 4.53 Å². The Hall–Kier alpha value is -2.64. The molecule has 0 N–H and O–H groups in total. The van der Waals surface area contributed by atoms with E-state index in [0.29, 0.717) is 39.4 Å². The monoisotopic (exact) mass is 740 g/mol. The largest absolute Gasteiger partial charge is 0.494 e. The third-order valence-corrected chi connectivity index (χ3v) is 14.2. The maximum absolute atomic E-state index is 13.6. The van der Waals surface area contributed by atoms with Crippen LogP contribution in [0.3, 0.4) is 0 Å². The van der Waals surface area contributed by atoms with E-state index in [1.807, 2.05) is 78.9 Å². The van der Waals surface area contributed by atoms with Crippen molar-refractivity contribution in [3.8, 4) is 11.5 Å². The van der Waals surface area contributed by atoms with Crippen molar-refractivity contribution in [3.63, 3.8) is 0 Å². The molecule has 0 aromatic heterocycles. The minimum Gasteiger partial charge on any atom is -0.494 e. The van der Waals surface area contributed by atoms with Gasteiger partial charge in [0.1, 0.15) is 11.5 Å². The van der Waals surface area contributed by atoms with E-state index in [2.05, 4.69) is 18.2 Å². The molecule has 0 fully saturated rings. The SMILES string of the molecule is CCCCCCCCOc1ccc(S(OS(=O)(=O)CCCS(=O)(=O)OF)(c2ccccc2)c2ccc(OCCCCCCCC)cc2)cc1. The zero-order valence-electron chi connectivity index (χ0n) is 28.9. The quantitative estimate of drug-likeness (QED) is 0.0749. The summed E-state index contributed by atoms with van der Waals surface area (Å²) in [6.07, 6.45) is 13.4. The Morgan fingerprint density at radius 1 is 0.490 bits per heavy atom. The summed E-state index contributed by atoms with van der Waals surface area (Å²) in [7, 11) is -11.8. The summed E-state index contributed by atoms with van der Waals surface area (Å²) in [5.41, 5.74) is 0. The summed E-state index contributed by atoms with van der Waals surface area (Å²) >= 11 is 0. The molecule has 0 amide bonds. The van der Waals surface area contributed by atoms with Gasteiger partial charge in [-0.2, -0.15) is 16.8 Å². The second kappa shape index (κ2) is 21.5. The van der Waals surface area contributed by atoms with Gasteiger partial charge in [-0.15, -0.1) is 0 Å². The van der Waals surface area contributed by atoms with Crippen LogP contribution in [0.2, 0.25) is 0 Å². The molecule has 0 unspecified atom stereocenters. The molecule has 0 bridgehead atoms. The van der Waals surface area contributed by atoms with Crippen LogP contribution in [0.25, 0.3) is 0 Å². The highest BCUT2D eigenvalue weighted by molar-refractivity contribution is 8.33. The highest BCUT2D eigenvalue weighted by Gasteiger charge is 2.38. The molecule has 49 heavy (non-hydrogen) atoms. The van der Waals surface area contributed by atoms with Gasteiger partial charge in [-0.05, 0) is 94.8 Å². The summed E-state index contributed by atoms with van der Waals surface area (Å²) in [6, 6.07) is 23.6. The van der Waals surface area contributed by atoms with Gasteiger partial charge < -0.3 is 9.47 Å². The minimum absolute atomic E-state index is 0.407. The predicted molar refractivity (Wildman–Crippen MR) is 195 cm³/mol. The molecule has 0 aliphatic rings. The van der Waals surface area contributed by atoms with E-state index in [-0.39, 0.29) is 0 Å². The van der Waals surface area contributed by atoms with Crippen LogP contribution >= 0.6 is 10.3 Å². The van der Waals surface area contributed by atoms with Crippen molar-refractivity contribution in [3.05, 3.63) is 78.9 Å². The van der Waals surface area contributed by atoms with Gasteiger partial charge in [-0.3, -0.25) is 0 Å². The van der Waals surface area contributed by atoms with E-state index in [1.54, 1.807) is 0 Å². The van der Waals surface area contributed by atoms with Crippen LogP contribution in [-0.4, -0.2) is 41.6 Å².